The number of hydrogen-bond acceptors (Lipinski definition) is 4. The molecule has 4 aromatic rings. The van der Waals surface area contributed by atoms with Crippen molar-refractivity contribution in [3.63, 3.8) is 0 Å². The van der Waals surface area contributed by atoms with Crippen LogP contribution in [0.5, 0.6) is 0 Å². The summed E-state index contributed by atoms with van der Waals surface area (Å²) >= 11 is 0. The topological polar surface area (TPSA) is 86.8 Å². The van der Waals surface area contributed by atoms with Gasteiger partial charge >= 0.3 is 0 Å². The zero-order valence-electron chi connectivity index (χ0n) is 26.1. The molecule has 45 heavy (non-hydrogen) atoms. The van der Waals surface area contributed by atoms with E-state index in [1.165, 1.54) is 35.2 Å². The summed E-state index contributed by atoms with van der Waals surface area (Å²) in [5.74, 6) is -1.79. The first-order valence-electron chi connectivity index (χ1n) is 15.0. The minimum Gasteiger partial charge on any atom is -0.352 e. The number of para-hydroxylation sites is 1. The van der Waals surface area contributed by atoms with E-state index < -0.39 is 34.3 Å². The fourth-order valence-electron chi connectivity index (χ4n) is 5.01. The molecule has 2 atom stereocenters. The van der Waals surface area contributed by atoms with E-state index in [1.54, 1.807) is 12.1 Å². The number of nitrogens with one attached hydrogen (secondary N) is 1. The highest BCUT2D eigenvalue weighted by atomic mass is 32.2. The number of rotatable bonds is 13. The predicted molar refractivity (Wildman–Crippen MR) is 176 cm³/mol. The molecule has 0 aliphatic rings. The fourth-order valence-corrected chi connectivity index (χ4v) is 6.43. The summed E-state index contributed by atoms with van der Waals surface area (Å²) in [4.78, 5) is 29.7. The Kier molecular flexibility index (Phi) is 11.1. The SMILES string of the molecule is CC[C@@H](C)NC(=O)[C@H](Cc1ccccc1)N(Cc1cccc(C)c1)C(=O)CN(c1ccccc1F)S(=O)(=O)c1ccc(C)cc1. The number of carbonyl (C=O) groups excluding carboxylic acids is 2. The predicted octanol–water partition coefficient (Wildman–Crippen LogP) is 6.19. The molecule has 0 saturated heterocycles. The number of carbonyl (C=O) groups is 2. The zero-order valence-corrected chi connectivity index (χ0v) is 26.9. The molecule has 0 aromatic heterocycles. The summed E-state index contributed by atoms with van der Waals surface area (Å²) in [6.45, 7) is 6.93. The van der Waals surface area contributed by atoms with Crippen LogP contribution >= 0.6 is 0 Å². The van der Waals surface area contributed by atoms with Gasteiger partial charge < -0.3 is 10.2 Å². The van der Waals surface area contributed by atoms with Crippen LogP contribution < -0.4 is 9.62 Å². The molecule has 0 saturated carbocycles. The van der Waals surface area contributed by atoms with E-state index in [0.29, 0.717) is 6.42 Å². The van der Waals surface area contributed by atoms with E-state index in [1.807, 2.05) is 82.3 Å². The smallest absolute Gasteiger partial charge is 0.264 e. The lowest BCUT2D eigenvalue weighted by atomic mass is 10.0. The molecule has 7 nitrogen and oxygen atoms in total. The Bertz CT molecular complexity index is 1710. The summed E-state index contributed by atoms with van der Waals surface area (Å²) in [7, 11) is -4.38. The van der Waals surface area contributed by atoms with Crippen LogP contribution in [0.1, 0.15) is 42.5 Å². The molecular formula is C36H40FN3O4S. The van der Waals surface area contributed by atoms with Crippen molar-refractivity contribution in [2.75, 3.05) is 10.8 Å². The first-order valence-corrected chi connectivity index (χ1v) is 16.5. The van der Waals surface area contributed by atoms with Gasteiger partial charge in [-0.1, -0.05) is 96.9 Å². The standard InChI is InChI=1S/C36H40FN3O4S/c1-5-28(4)38-36(42)34(23-29-13-7-6-8-14-29)39(24-30-15-11-12-27(3)22-30)35(41)25-40(33-17-10-9-16-32(33)37)45(43,44)31-20-18-26(2)19-21-31/h6-22,28,34H,5,23-25H2,1-4H3,(H,38,42)/t28-,34+/m1/s1. The molecule has 0 radical (unpaired) electrons. The highest BCUT2D eigenvalue weighted by molar-refractivity contribution is 7.92. The first kappa shape index (κ1) is 33.4. The third kappa shape index (κ3) is 8.57. The Morgan fingerprint density at radius 3 is 2.11 bits per heavy atom. The van der Waals surface area contributed by atoms with Crippen molar-refractivity contribution in [1.82, 2.24) is 10.2 Å². The maximum Gasteiger partial charge on any atom is 0.264 e. The normalized spacial score (nSPS) is 12.6. The summed E-state index contributed by atoms with van der Waals surface area (Å²) in [6.07, 6.45) is 0.885. The number of benzene rings is 4. The number of nitrogens with zero attached hydrogens (tertiary/aromatic N) is 2. The summed E-state index contributed by atoms with van der Waals surface area (Å²) in [5.41, 5.74) is 3.17. The molecule has 0 bridgehead atoms. The number of hydrogen-bond donors (Lipinski definition) is 1. The monoisotopic (exact) mass is 629 g/mol. The van der Waals surface area contributed by atoms with Crippen LogP contribution in [0.25, 0.3) is 0 Å². The van der Waals surface area contributed by atoms with Gasteiger partial charge in [-0.15, -0.1) is 0 Å². The summed E-state index contributed by atoms with van der Waals surface area (Å²) < 4.78 is 44.1. The molecule has 4 rings (SSSR count). The van der Waals surface area contributed by atoms with Crippen LogP contribution in [0.2, 0.25) is 0 Å². The lowest BCUT2D eigenvalue weighted by molar-refractivity contribution is -0.140. The summed E-state index contributed by atoms with van der Waals surface area (Å²) in [6, 6.07) is 27.4. The van der Waals surface area contributed by atoms with Gasteiger partial charge in [0.1, 0.15) is 18.4 Å². The van der Waals surface area contributed by atoms with E-state index >= 15 is 4.39 Å². The lowest BCUT2D eigenvalue weighted by Gasteiger charge is -2.34. The highest BCUT2D eigenvalue weighted by Crippen LogP contribution is 2.27. The van der Waals surface area contributed by atoms with Crippen LogP contribution in [0.3, 0.4) is 0 Å². The second kappa shape index (κ2) is 15.0. The van der Waals surface area contributed by atoms with Gasteiger partial charge in [0.05, 0.1) is 10.6 Å². The maximum absolute atomic E-state index is 15.3. The number of amides is 2. The first-order chi connectivity index (χ1) is 21.5. The molecule has 0 aliphatic carbocycles. The van der Waals surface area contributed by atoms with Gasteiger partial charge in [0.15, 0.2) is 0 Å². The Balaban J connectivity index is 1.82. The minimum atomic E-state index is -4.38. The van der Waals surface area contributed by atoms with Gasteiger partial charge in [-0.2, -0.15) is 0 Å². The zero-order chi connectivity index (χ0) is 32.6. The molecule has 0 aliphatic heterocycles. The van der Waals surface area contributed by atoms with Crippen LogP contribution in [-0.2, 0) is 32.6 Å². The molecule has 4 aromatic carbocycles. The van der Waals surface area contributed by atoms with Crippen molar-refractivity contribution in [1.29, 1.82) is 0 Å². The molecule has 0 unspecified atom stereocenters. The number of sulfonamides is 1. The number of halogens is 1. The third-order valence-electron chi connectivity index (χ3n) is 7.72. The molecule has 9 heteroatoms. The van der Waals surface area contributed by atoms with Gasteiger partial charge in [-0.3, -0.25) is 13.9 Å². The van der Waals surface area contributed by atoms with E-state index in [9.17, 15) is 18.0 Å². The van der Waals surface area contributed by atoms with E-state index in [4.69, 9.17) is 0 Å². The van der Waals surface area contributed by atoms with Gasteiger partial charge in [-0.05, 0) is 62.6 Å². The van der Waals surface area contributed by atoms with Crippen molar-refractivity contribution in [2.24, 2.45) is 0 Å². The maximum atomic E-state index is 15.3. The largest absolute Gasteiger partial charge is 0.352 e. The van der Waals surface area contributed by atoms with E-state index in [-0.39, 0.29) is 35.5 Å². The van der Waals surface area contributed by atoms with Gasteiger partial charge in [0.25, 0.3) is 10.0 Å². The highest BCUT2D eigenvalue weighted by Gasteiger charge is 2.35. The fraction of sp³-hybridized carbons (Fsp3) is 0.278. The lowest BCUT2D eigenvalue weighted by Crippen LogP contribution is -2.54. The molecule has 236 valence electrons. The quantitative estimate of drug-likeness (QED) is 0.191. The third-order valence-corrected chi connectivity index (χ3v) is 9.49. The molecular weight excluding hydrogens is 589 g/mol. The summed E-state index contributed by atoms with van der Waals surface area (Å²) in [5, 5.41) is 3.01. The Morgan fingerprint density at radius 1 is 0.822 bits per heavy atom. The Hall–Kier alpha value is -4.50. The van der Waals surface area contributed by atoms with E-state index in [0.717, 1.165) is 32.6 Å². The molecule has 1 N–H and O–H groups in total. The average molecular weight is 630 g/mol. The molecule has 0 spiro atoms. The van der Waals surface area contributed by atoms with Crippen LogP contribution in [0.4, 0.5) is 10.1 Å². The van der Waals surface area contributed by atoms with Crippen LogP contribution in [0.15, 0.2) is 108 Å². The molecule has 2 amide bonds. The van der Waals surface area contributed by atoms with Gasteiger partial charge in [0.2, 0.25) is 11.8 Å². The van der Waals surface area contributed by atoms with Crippen molar-refractivity contribution in [3.8, 4) is 0 Å². The Labute approximate surface area is 265 Å². The van der Waals surface area contributed by atoms with Crippen LogP contribution in [0, 0.1) is 19.7 Å². The Morgan fingerprint density at radius 2 is 1.47 bits per heavy atom. The van der Waals surface area contributed by atoms with E-state index in [2.05, 4.69) is 5.32 Å². The number of anilines is 1. The van der Waals surface area contributed by atoms with Gasteiger partial charge in [-0.25, -0.2) is 12.8 Å². The second-order valence-electron chi connectivity index (χ2n) is 11.3. The van der Waals surface area contributed by atoms with Crippen LogP contribution in [-0.4, -0.2) is 43.8 Å². The van der Waals surface area contributed by atoms with Crippen molar-refractivity contribution in [2.45, 2.75) is 64.1 Å². The molecule has 0 heterocycles. The van der Waals surface area contributed by atoms with Gasteiger partial charge in [0, 0.05) is 19.0 Å². The average Bonchev–Trinajstić information content (AvgIpc) is 3.02. The number of aryl methyl sites for hydroxylation is 2. The molecule has 0 fully saturated rings. The van der Waals surface area contributed by atoms with Crippen molar-refractivity contribution in [3.05, 3.63) is 131 Å². The second-order valence-corrected chi connectivity index (χ2v) is 13.2. The van der Waals surface area contributed by atoms with Crippen molar-refractivity contribution >= 4 is 27.5 Å². The minimum absolute atomic E-state index is 0.0433. The van der Waals surface area contributed by atoms with Crippen molar-refractivity contribution < 1.29 is 22.4 Å².